The molecule has 0 bridgehead atoms. The first kappa shape index (κ1) is 19.4. The van der Waals surface area contributed by atoms with Crippen molar-refractivity contribution in [2.45, 2.75) is 32.2 Å². The Labute approximate surface area is 135 Å². The molecule has 1 rings (SSSR count). The van der Waals surface area contributed by atoms with Crippen LogP contribution in [0.5, 0.6) is 5.75 Å². The summed E-state index contributed by atoms with van der Waals surface area (Å²) >= 11 is 0. The highest BCUT2D eigenvalue weighted by atomic mass is 19.4. The lowest BCUT2D eigenvalue weighted by Gasteiger charge is -2.09. The van der Waals surface area contributed by atoms with Gasteiger partial charge in [-0.05, 0) is 25.5 Å². The number of ether oxygens (including phenoxy) is 2. The Balaban J connectivity index is 2.74. The number of aliphatic carboxylic acids is 1. The molecule has 0 fully saturated rings. The van der Waals surface area contributed by atoms with Gasteiger partial charge in [-0.1, -0.05) is 6.07 Å². The number of rotatable bonds is 8. The van der Waals surface area contributed by atoms with Gasteiger partial charge >= 0.3 is 18.3 Å². The Morgan fingerprint density at radius 3 is 2.62 bits per heavy atom. The summed E-state index contributed by atoms with van der Waals surface area (Å²) in [6, 6.07) is 3.30. The molecule has 0 heterocycles. The van der Waals surface area contributed by atoms with E-state index in [0.717, 1.165) is 12.1 Å². The Hall–Kier alpha value is -2.65. The fraction of sp³-hybridized carbons (Fsp3) is 0.429. The highest BCUT2D eigenvalue weighted by Crippen LogP contribution is 2.26. The van der Waals surface area contributed by atoms with Crippen LogP contribution in [0, 0.1) is 0 Å². The number of hydrogen-bond donors (Lipinski definition) is 1. The third-order valence-electron chi connectivity index (χ3n) is 2.58. The molecular formula is C14H15F3N2O5. The van der Waals surface area contributed by atoms with Gasteiger partial charge in [0.05, 0.1) is 12.3 Å². The molecule has 1 aromatic rings. The van der Waals surface area contributed by atoms with Crippen LogP contribution in [-0.4, -0.2) is 36.1 Å². The van der Waals surface area contributed by atoms with Crippen LogP contribution in [0.2, 0.25) is 0 Å². The largest absolute Gasteiger partial charge is 0.573 e. The smallest absolute Gasteiger partial charge is 0.480 e. The van der Waals surface area contributed by atoms with Crippen molar-refractivity contribution in [3.8, 4) is 5.75 Å². The average molecular weight is 348 g/mol. The normalized spacial score (nSPS) is 12.8. The van der Waals surface area contributed by atoms with Crippen molar-refractivity contribution in [1.82, 2.24) is 0 Å². The molecule has 0 amide bonds. The van der Waals surface area contributed by atoms with Crippen LogP contribution in [0.3, 0.4) is 0 Å². The predicted molar refractivity (Wildman–Crippen MR) is 74.9 cm³/mol. The van der Waals surface area contributed by atoms with E-state index in [-0.39, 0.29) is 25.1 Å². The second-order valence-corrected chi connectivity index (χ2v) is 4.46. The van der Waals surface area contributed by atoms with Crippen LogP contribution in [-0.2, 0) is 14.3 Å². The van der Waals surface area contributed by atoms with Gasteiger partial charge in [0.15, 0.2) is 6.04 Å². The van der Waals surface area contributed by atoms with Crippen molar-refractivity contribution in [1.29, 1.82) is 0 Å². The molecule has 0 aliphatic carbocycles. The maximum Gasteiger partial charge on any atom is 0.573 e. The molecule has 10 heteroatoms. The van der Waals surface area contributed by atoms with E-state index in [1.54, 1.807) is 6.92 Å². The van der Waals surface area contributed by atoms with Gasteiger partial charge in [0.25, 0.3) is 0 Å². The molecule has 132 valence electrons. The molecule has 0 radical (unpaired) electrons. The lowest BCUT2D eigenvalue weighted by atomic mass is 10.2. The van der Waals surface area contributed by atoms with E-state index >= 15 is 0 Å². The Kier molecular flexibility index (Phi) is 7.15. The Morgan fingerprint density at radius 2 is 2.04 bits per heavy atom. The molecular weight excluding hydrogens is 333 g/mol. The van der Waals surface area contributed by atoms with E-state index in [1.807, 2.05) is 0 Å². The summed E-state index contributed by atoms with van der Waals surface area (Å²) < 4.78 is 44.8. The molecule has 1 aromatic carbocycles. The summed E-state index contributed by atoms with van der Waals surface area (Å²) in [5.41, 5.74) is -0.0147. The molecule has 1 N–H and O–H groups in total. The molecule has 1 atom stereocenters. The minimum atomic E-state index is -4.85. The van der Waals surface area contributed by atoms with Crippen LogP contribution in [0.1, 0.15) is 19.8 Å². The van der Waals surface area contributed by atoms with Gasteiger partial charge in [-0.25, -0.2) is 4.79 Å². The second kappa shape index (κ2) is 8.85. The maximum atomic E-state index is 12.1. The molecule has 0 aromatic heterocycles. The van der Waals surface area contributed by atoms with Gasteiger partial charge in [0, 0.05) is 12.5 Å². The molecule has 7 nitrogen and oxygen atoms in total. The summed E-state index contributed by atoms with van der Waals surface area (Å²) in [7, 11) is 0. The second-order valence-electron chi connectivity index (χ2n) is 4.46. The number of carboxylic acids is 1. The highest BCUT2D eigenvalue weighted by Gasteiger charge is 2.31. The molecule has 24 heavy (non-hydrogen) atoms. The van der Waals surface area contributed by atoms with E-state index in [1.165, 1.54) is 12.1 Å². The summed E-state index contributed by atoms with van der Waals surface area (Å²) in [5, 5.41) is 16.2. The Morgan fingerprint density at radius 1 is 1.33 bits per heavy atom. The summed E-state index contributed by atoms with van der Waals surface area (Å²) in [5.74, 6) is -2.39. The lowest BCUT2D eigenvalue weighted by molar-refractivity contribution is -0.274. The number of benzene rings is 1. The summed E-state index contributed by atoms with van der Waals surface area (Å²) in [4.78, 5) is 22.3. The number of carbonyl (C=O) groups is 2. The van der Waals surface area contributed by atoms with Gasteiger partial charge < -0.3 is 14.6 Å². The van der Waals surface area contributed by atoms with Crippen molar-refractivity contribution in [2.24, 2.45) is 10.2 Å². The number of hydrogen-bond acceptors (Lipinski definition) is 6. The minimum Gasteiger partial charge on any atom is -0.480 e. The molecule has 0 aliphatic heterocycles. The Bertz CT molecular complexity index is 604. The zero-order valence-electron chi connectivity index (χ0n) is 12.6. The maximum absolute atomic E-state index is 12.1. The monoisotopic (exact) mass is 348 g/mol. The molecule has 0 saturated carbocycles. The number of carbonyl (C=O) groups excluding carboxylic acids is 1. The SMILES string of the molecule is CCOC(=O)CCC(N=Nc1cccc(OC(F)(F)F)c1)C(=O)O. The van der Waals surface area contributed by atoms with Gasteiger partial charge in [-0.2, -0.15) is 10.2 Å². The summed E-state index contributed by atoms with van der Waals surface area (Å²) in [6.07, 6.45) is -5.16. The zero-order chi connectivity index (χ0) is 18.2. The van der Waals surface area contributed by atoms with Crippen LogP contribution in [0.4, 0.5) is 18.9 Å². The topological polar surface area (TPSA) is 97.5 Å². The van der Waals surface area contributed by atoms with Crippen molar-refractivity contribution < 1.29 is 37.3 Å². The number of carboxylic acid groups (broad SMARTS) is 1. The number of azo groups is 1. The van der Waals surface area contributed by atoms with E-state index < -0.39 is 30.1 Å². The van der Waals surface area contributed by atoms with E-state index in [2.05, 4.69) is 19.7 Å². The van der Waals surface area contributed by atoms with Crippen molar-refractivity contribution >= 4 is 17.6 Å². The fourth-order valence-electron chi connectivity index (χ4n) is 1.60. The quantitative estimate of drug-likeness (QED) is 0.573. The van der Waals surface area contributed by atoms with Crippen molar-refractivity contribution in [2.75, 3.05) is 6.61 Å². The highest BCUT2D eigenvalue weighted by molar-refractivity contribution is 5.75. The minimum absolute atomic E-state index is 0.0147. The van der Waals surface area contributed by atoms with Gasteiger partial charge in [-0.15, -0.1) is 13.2 Å². The molecule has 0 saturated heterocycles. The van der Waals surface area contributed by atoms with Crippen molar-refractivity contribution in [3.63, 3.8) is 0 Å². The third-order valence-corrected chi connectivity index (χ3v) is 2.58. The van der Waals surface area contributed by atoms with Gasteiger partial charge in [0.2, 0.25) is 0 Å². The van der Waals surface area contributed by atoms with Gasteiger partial charge in [-0.3, -0.25) is 4.79 Å². The van der Waals surface area contributed by atoms with E-state index in [4.69, 9.17) is 5.11 Å². The van der Waals surface area contributed by atoms with Crippen LogP contribution in [0.15, 0.2) is 34.5 Å². The van der Waals surface area contributed by atoms with Crippen LogP contribution < -0.4 is 4.74 Å². The molecule has 0 aliphatic rings. The first-order chi connectivity index (χ1) is 11.2. The summed E-state index contributed by atoms with van der Waals surface area (Å²) in [6.45, 7) is 1.78. The predicted octanol–water partition coefficient (Wildman–Crippen LogP) is 3.47. The number of esters is 1. The zero-order valence-corrected chi connectivity index (χ0v) is 12.6. The third kappa shape index (κ3) is 7.56. The van der Waals surface area contributed by atoms with Gasteiger partial charge in [0.1, 0.15) is 5.75 Å². The number of halogens is 3. The fourth-order valence-corrected chi connectivity index (χ4v) is 1.60. The number of alkyl halides is 3. The molecule has 1 unspecified atom stereocenters. The van der Waals surface area contributed by atoms with Crippen molar-refractivity contribution in [3.05, 3.63) is 24.3 Å². The van der Waals surface area contributed by atoms with Crippen LogP contribution >= 0.6 is 0 Å². The van der Waals surface area contributed by atoms with E-state index in [0.29, 0.717) is 0 Å². The first-order valence-corrected chi connectivity index (χ1v) is 6.86. The van der Waals surface area contributed by atoms with Crippen LogP contribution in [0.25, 0.3) is 0 Å². The standard InChI is InChI=1S/C14H15F3N2O5/c1-2-23-12(20)7-6-11(13(21)22)19-18-9-4-3-5-10(8-9)24-14(15,16)17/h3-5,8,11H,2,6-7H2,1H3,(H,21,22). The molecule has 0 spiro atoms. The van der Waals surface area contributed by atoms with E-state index in [9.17, 15) is 22.8 Å². The first-order valence-electron chi connectivity index (χ1n) is 6.86. The lowest BCUT2D eigenvalue weighted by Crippen LogP contribution is -2.19. The average Bonchev–Trinajstić information content (AvgIpc) is 2.45. The number of nitrogens with zero attached hydrogens (tertiary/aromatic N) is 2.